The van der Waals surface area contributed by atoms with Gasteiger partial charge >= 0.3 is 5.69 Å². The zero-order valence-electron chi connectivity index (χ0n) is 10.9. The van der Waals surface area contributed by atoms with Gasteiger partial charge in [-0.25, -0.2) is 9.89 Å². The number of fused-ring (bicyclic) bond motifs is 1. The second-order valence-corrected chi connectivity index (χ2v) is 5.47. The quantitative estimate of drug-likeness (QED) is 0.764. The van der Waals surface area contributed by atoms with Crippen LogP contribution < -0.4 is 16.3 Å². The topological polar surface area (TPSA) is 91.8 Å². The van der Waals surface area contributed by atoms with Crippen LogP contribution in [0.2, 0.25) is 0 Å². The summed E-state index contributed by atoms with van der Waals surface area (Å²) >= 11 is 1.36. The first kappa shape index (κ1) is 12.9. The number of nitrogens with zero attached hydrogens (tertiary/aromatic N) is 2. The van der Waals surface area contributed by atoms with E-state index in [-0.39, 0.29) is 17.6 Å². The van der Waals surface area contributed by atoms with E-state index in [0.29, 0.717) is 5.16 Å². The second kappa shape index (κ2) is 4.80. The van der Waals surface area contributed by atoms with E-state index in [2.05, 4.69) is 20.8 Å². The molecule has 3 rings (SSSR count). The molecule has 0 radical (unpaired) electrons. The van der Waals surface area contributed by atoms with Gasteiger partial charge in [0.05, 0.1) is 0 Å². The van der Waals surface area contributed by atoms with Gasteiger partial charge in [-0.05, 0) is 30.9 Å². The van der Waals surface area contributed by atoms with E-state index in [1.807, 2.05) is 18.2 Å². The Morgan fingerprint density at radius 1 is 1.40 bits per heavy atom. The summed E-state index contributed by atoms with van der Waals surface area (Å²) in [4.78, 5) is 24.0. The first-order chi connectivity index (χ1) is 9.60. The summed E-state index contributed by atoms with van der Waals surface area (Å²) in [6.07, 6.45) is 0. The summed E-state index contributed by atoms with van der Waals surface area (Å²) in [6.45, 7) is 0. The molecule has 0 spiro atoms. The number of hydrogen-bond donors (Lipinski definition) is 3. The third-order valence-electron chi connectivity index (χ3n) is 3.19. The zero-order chi connectivity index (χ0) is 14.3. The highest BCUT2D eigenvalue weighted by Crippen LogP contribution is 2.35. The molecular formula is C12H13N5O2S. The van der Waals surface area contributed by atoms with Crippen molar-refractivity contribution >= 4 is 23.4 Å². The maximum Gasteiger partial charge on any atom is 0.343 e. The summed E-state index contributed by atoms with van der Waals surface area (Å²) in [7, 11) is 3.40. The summed E-state index contributed by atoms with van der Waals surface area (Å²) in [5.41, 5.74) is 1.47. The van der Waals surface area contributed by atoms with Crippen LogP contribution >= 0.6 is 11.8 Å². The molecule has 8 heteroatoms. The predicted molar refractivity (Wildman–Crippen MR) is 74.8 cm³/mol. The minimum atomic E-state index is -0.307. The second-order valence-electron chi connectivity index (χ2n) is 4.43. The van der Waals surface area contributed by atoms with Gasteiger partial charge in [-0.3, -0.25) is 9.36 Å². The van der Waals surface area contributed by atoms with Crippen molar-refractivity contribution in [3.8, 4) is 0 Å². The average Bonchev–Trinajstić information content (AvgIpc) is 2.91. The number of aromatic amines is 1. The van der Waals surface area contributed by atoms with Gasteiger partial charge in [-0.1, -0.05) is 6.07 Å². The Morgan fingerprint density at radius 2 is 2.20 bits per heavy atom. The number of nitrogens with one attached hydrogen (secondary N) is 3. The number of rotatable bonds is 3. The molecule has 0 saturated carbocycles. The van der Waals surface area contributed by atoms with Crippen LogP contribution in [0, 0.1) is 0 Å². The number of carbonyl (C=O) groups excluding carboxylic acids is 1. The maximum atomic E-state index is 11.7. The predicted octanol–water partition coefficient (Wildman–Crippen LogP) is 0.472. The molecule has 3 N–H and O–H groups in total. The van der Waals surface area contributed by atoms with E-state index < -0.39 is 0 Å². The number of amides is 1. The first-order valence-corrected chi connectivity index (χ1v) is 6.83. The van der Waals surface area contributed by atoms with E-state index in [0.717, 1.165) is 16.1 Å². The molecule has 0 fully saturated rings. The van der Waals surface area contributed by atoms with Gasteiger partial charge in [-0.15, -0.1) is 5.10 Å². The molecule has 1 unspecified atom stereocenters. The summed E-state index contributed by atoms with van der Waals surface area (Å²) in [6, 6.07) is 5.39. The number of carbonyl (C=O) groups is 1. The minimum absolute atomic E-state index is 0.0585. The number of aromatic nitrogens is 3. The van der Waals surface area contributed by atoms with Crippen LogP contribution in [0.3, 0.4) is 0 Å². The van der Waals surface area contributed by atoms with Gasteiger partial charge in [0.2, 0.25) is 5.91 Å². The molecule has 0 saturated heterocycles. The fraction of sp³-hybridized carbons (Fsp3) is 0.250. The standard InChI is InChI=1S/C12H13N5O2S/c1-13-9-7-4-3-6(5-8(7)14-10(9)18)20-12-16-15-11(19)17(12)2/h3-5,9,13H,1-2H3,(H,14,18)(H,15,19). The van der Waals surface area contributed by atoms with Crippen molar-refractivity contribution in [3.05, 3.63) is 34.2 Å². The maximum absolute atomic E-state index is 11.7. The van der Waals surface area contributed by atoms with Crippen LogP contribution in [0.1, 0.15) is 11.6 Å². The van der Waals surface area contributed by atoms with E-state index in [1.165, 1.54) is 16.3 Å². The van der Waals surface area contributed by atoms with Crippen LogP contribution in [-0.4, -0.2) is 27.7 Å². The van der Waals surface area contributed by atoms with Crippen LogP contribution in [0.25, 0.3) is 0 Å². The Balaban J connectivity index is 1.91. The summed E-state index contributed by atoms with van der Waals surface area (Å²) < 4.78 is 1.44. The lowest BCUT2D eigenvalue weighted by Gasteiger charge is -2.07. The molecule has 0 bridgehead atoms. The van der Waals surface area contributed by atoms with Crippen molar-refractivity contribution < 1.29 is 4.79 Å². The number of H-pyrrole nitrogens is 1. The first-order valence-electron chi connectivity index (χ1n) is 6.01. The Labute approximate surface area is 118 Å². The average molecular weight is 291 g/mol. The van der Waals surface area contributed by atoms with E-state index in [1.54, 1.807) is 14.1 Å². The van der Waals surface area contributed by atoms with Crippen molar-refractivity contribution in [3.63, 3.8) is 0 Å². The van der Waals surface area contributed by atoms with Gasteiger partial charge in [-0.2, -0.15) is 0 Å². The lowest BCUT2D eigenvalue weighted by atomic mass is 10.1. The molecule has 20 heavy (non-hydrogen) atoms. The van der Waals surface area contributed by atoms with Crippen molar-refractivity contribution in [1.29, 1.82) is 0 Å². The molecular weight excluding hydrogens is 278 g/mol. The minimum Gasteiger partial charge on any atom is -0.324 e. The van der Waals surface area contributed by atoms with Crippen molar-refractivity contribution in [2.75, 3.05) is 12.4 Å². The molecule has 1 atom stereocenters. The molecule has 2 heterocycles. The van der Waals surface area contributed by atoms with Crippen LogP contribution in [0.5, 0.6) is 0 Å². The van der Waals surface area contributed by atoms with Crippen molar-refractivity contribution in [1.82, 2.24) is 20.1 Å². The summed E-state index contributed by atoms with van der Waals surface area (Å²) in [5, 5.41) is 12.7. The van der Waals surface area contributed by atoms with E-state index >= 15 is 0 Å². The lowest BCUT2D eigenvalue weighted by Crippen LogP contribution is -2.23. The van der Waals surface area contributed by atoms with Gasteiger partial charge in [0.15, 0.2) is 5.16 Å². The Bertz CT molecular complexity index is 736. The molecule has 2 aromatic rings. The van der Waals surface area contributed by atoms with E-state index in [4.69, 9.17) is 0 Å². The van der Waals surface area contributed by atoms with Gasteiger partial charge < -0.3 is 10.6 Å². The number of anilines is 1. The highest BCUT2D eigenvalue weighted by Gasteiger charge is 2.29. The van der Waals surface area contributed by atoms with Crippen molar-refractivity contribution in [2.24, 2.45) is 7.05 Å². The Hall–Kier alpha value is -2.06. The molecule has 1 aromatic carbocycles. The SMILES string of the molecule is CNC1C(=O)Nc2cc(Sc3n[nH]c(=O)n3C)ccc21. The number of hydrogen-bond acceptors (Lipinski definition) is 5. The Kier molecular flexibility index (Phi) is 3.11. The highest BCUT2D eigenvalue weighted by atomic mass is 32.2. The fourth-order valence-electron chi connectivity index (χ4n) is 2.12. The lowest BCUT2D eigenvalue weighted by molar-refractivity contribution is -0.117. The Morgan fingerprint density at radius 3 is 2.85 bits per heavy atom. The fourth-order valence-corrected chi connectivity index (χ4v) is 2.96. The largest absolute Gasteiger partial charge is 0.343 e. The molecule has 104 valence electrons. The highest BCUT2D eigenvalue weighted by molar-refractivity contribution is 7.99. The van der Waals surface area contributed by atoms with Crippen molar-refractivity contribution in [2.45, 2.75) is 16.1 Å². The number of likely N-dealkylation sites (N-methyl/N-ethyl adjacent to an activating group) is 1. The molecule has 7 nitrogen and oxygen atoms in total. The smallest absolute Gasteiger partial charge is 0.324 e. The molecule has 0 aliphatic carbocycles. The molecule has 1 aromatic heterocycles. The van der Waals surface area contributed by atoms with Gasteiger partial charge in [0.1, 0.15) is 6.04 Å². The van der Waals surface area contributed by atoms with Crippen LogP contribution in [0.4, 0.5) is 5.69 Å². The van der Waals surface area contributed by atoms with Crippen LogP contribution in [0.15, 0.2) is 33.0 Å². The molecule has 1 aliphatic rings. The third-order valence-corrected chi connectivity index (χ3v) is 4.23. The monoisotopic (exact) mass is 291 g/mol. The molecule has 1 aliphatic heterocycles. The summed E-state index contributed by atoms with van der Waals surface area (Å²) in [5.74, 6) is -0.0585. The molecule has 1 amide bonds. The third kappa shape index (κ3) is 2.02. The number of benzene rings is 1. The van der Waals surface area contributed by atoms with Crippen LogP contribution in [-0.2, 0) is 11.8 Å². The normalized spacial score (nSPS) is 17.1. The van der Waals surface area contributed by atoms with Gasteiger partial charge in [0.25, 0.3) is 0 Å². The van der Waals surface area contributed by atoms with E-state index in [9.17, 15) is 9.59 Å². The zero-order valence-corrected chi connectivity index (χ0v) is 11.7. The van der Waals surface area contributed by atoms with Gasteiger partial charge in [0, 0.05) is 23.2 Å².